The number of carbonyl (C=O) groups is 2. The first-order valence-electron chi connectivity index (χ1n) is 6.80. The number of rotatable bonds is 5. The van der Waals surface area contributed by atoms with Crippen molar-refractivity contribution in [2.75, 3.05) is 45.6 Å². The molecule has 2 rings (SSSR count). The van der Waals surface area contributed by atoms with Gasteiger partial charge in [-0.05, 0) is 0 Å². The van der Waals surface area contributed by atoms with Crippen molar-refractivity contribution in [3.63, 3.8) is 0 Å². The lowest BCUT2D eigenvalue weighted by Crippen LogP contribution is -2.49. The molecule has 0 spiro atoms. The number of ether oxygens (including phenoxy) is 1. The van der Waals surface area contributed by atoms with Crippen molar-refractivity contribution in [2.45, 2.75) is 13.0 Å². The van der Waals surface area contributed by atoms with Gasteiger partial charge >= 0.3 is 5.97 Å². The Labute approximate surface area is 122 Å². The van der Waals surface area contributed by atoms with E-state index >= 15 is 0 Å². The second-order valence-electron chi connectivity index (χ2n) is 4.85. The number of amides is 1. The molecule has 116 valence electrons. The predicted octanol–water partition coefficient (Wildman–Crippen LogP) is -1.43. The highest BCUT2D eigenvalue weighted by Gasteiger charge is 2.21. The Balaban J connectivity index is 1.73. The number of methoxy groups -OCH3 is 1. The summed E-state index contributed by atoms with van der Waals surface area (Å²) in [6, 6.07) is 0. The van der Waals surface area contributed by atoms with Gasteiger partial charge in [0.15, 0.2) is 0 Å². The van der Waals surface area contributed by atoms with Crippen molar-refractivity contribution in [1.29, 1.82) is 0 Å². The molecule has 1 aromatic rings. The fourth-order valence-electron chi connectivity index (χ4n) is 2.20. The van der Waals surface area contributed by atoms with Crippen molar-refractivity contribution >= 4 is 17.8 Å². The predicted molar refractivity (Wildman–Crippen MR) is 74.1 cm³/mol. The van der Waals surface area contributed by atoms with Gasteiger partial charge in [0.05, 0.1) is 13.5 Å². The van der Waals surface area contributed by atoms with E-state index in [1.807, 2.05) is 0 Å². The number of nitrogen functional groups attached to an aromatic ring is 1. The normalized spacial score (nSPS) is 16.0. The average Bonchev–Trinajstić information content (AvgIpc) is 2.90. The lowest BCUT2D eigenvalue weighted by Gasteiger charge is -2.34. The summed E-state index contributed by atoms with van der Waals surface area (Å²) in [5, 5.41) is 3.89. The van der Waals surface area contributed by atoms with E-state index in [0.29, 0.717) is 26.1 Å². The zero-order valence-electron chi connectivity index (χ0n) is 12.1. The summed E-state index contributed by atoms with van der Waals surface area (Å²) < 4.78 is 6.04. The molecule has 0 unspecified atom stereocenters. The van der Waals surface area contributed by atoms with Gasteiger partial charge in [0, 0.05) is 32.7 Å². The van der Waals surface area contributed by atoms with Crippen LogP contribution in [-0.4, -0.2) is 76.3 Å². The van der Waals surface area contributed by atoms with Gasteiger partial charge in [-0.25, -0.2) is 9.67 Å². The summed E-state index contributed by atoms with van der Waals surface area (Å²) in [6.45, 7) is 3.60. The van der Waals surface area contributed by atoms with Crippen molar-refractivity contribution in [2.24, 2.45) is 0 Å². The SMILES string of the molecule is COC(=O)CCN1CCN(C(=O)Cn2cnc(N)n2)CC1. The van der Waals surface area contributed by atoms with E-state index in [0.717, 1.165) is 13.1 Å². The van der Waals surface area contributed by atoms with Crippen LogP contribution in [0.5, 0.6) is 0 Å². The van der Waals surface area contributed by atoms with E-state index in [1.165, 1.54) is 18.1 Å². The van der Waals surface area contributed by atoms with Crippen molar-refractivity contribution in [3.05, 3.63) is 6.33 Å². The monoisotopic (exact) mass is 296 g/mol. The van der Waals surface area contributed by atoms with Crippen LogP contribution in [0.2, 0.25) is 0 Å². The second kappa shape index (κ2) is 7.02. The van der Waals surface area contributed by atoms with Gasteiger partial charge in [-0.1, -0.05) is 0 Å². The van der Waals surface area contributed by atoms with Gasteiger partial charge in [-0.3, -0.25) is 14.5 Å². The molecule has 2 N–H and O–H groups in total. The summed E-state index contributed by atoms with van der Waals surface area (Å²) >= 11 is 0. The lowest BCUT2D eigenvalue weighted by molar-refractivity contribution is -0.141. The molecule has 9 nitrogen and oxygen atoms in total. The van der Waals surface area contributed by atoms with Gasteiger partial charge in [0.2, 0.25) is 11.9 Å². The number of nitrogens with two attached hydrogens (primary N) is 1. The highest BCUT2D eigenvalue weighted by Crippen LogP contribution is 2.04. The highest BCUT2D eigenvalue weighted by molar-refractivity contribution is 5.76. The van der Waals surface area contributed by atoms with Crippen LogP contribution in [0.3, 0.4) is 0 Å². The smallest absolute Gasteiger partial charge is 0.306 e. The lowest BCUT2D eigenvalue weighted by atomic mass is 10.3. The summed E-state index contributed by atoms with van der Waals surface area (Å²) in [5.74, 6) is -0.0553. The fourth-order valence-corrected chi connectivity index (χ4v) is 2.20. The van der Waals surface area contributed by atoms with Crippen LogP contribution < -0.4 is 5.73 Å². The first-order chi connectivity index (χ1) is 10.1. The minimum atomic E-state index is -0.211. The van der Waals surface area contributed by atoms with Crippen LogP contribution in [0.25, 0.3) is 0 Å². The average molecular weight is 296 g/mol. The molecule has 9 heteroatoms. The van der Waals surface area contributed by atoms with Crippen molar-refractivity contribution in [3.8, 4) is 0 Å². The molecule has 0 aliphatic carbocycles. The van der Waals surface area contributed by atoms with Crippen LogP contribution >= 0.6 is 0 Å². The van der Waals surface area contributed by atoms with E-state index in [4.69, 9.17) is 5.73 Å². The number of esters is 1. The number of hydrogen-bond acceptors (Lipinski definition) is 7. The van der Waals surface area contributed by atoms with Gasteiger partial charge in [0.1, 0.15) is 12.9 Å². The molecule has 1 aliphatic heterocycles. The largest absolute Gasteiger partial charge is 0.469 e. The zero-order chi connectivity index (χ0) is 15.2. The van der Waals surface area contributed by atoms with E-state index < -0.39 is 0 Å². The molecular formula is C12H20N6O3. The first kappa shape index (κ1) is 15.2. The molecule has 0 saturated carbocycles. The molecule has 0 atom stereocenters. The summed E-state index contributed by atoms with van der Waals surface area (Å²) in [5.41, 5.74) is 5.41. The van der Waals surface area contributed by atoms with Gasteiger partial charge in [-0.2, -0.15) is 0 Å². The second-order valence-corrected chi connectivity index (χ2v) is 4.85. The van der Waals surface area contributed by atoms with Crippen molar-refractivity contribution < 1.29 is 14.3 Å². The molecule has 0 radical (unpaired) electrons. The van der Waals surface area contributed by atoms with Gasteiger partial charge < -0.3 is 15.4 Å². The summed E-state index contributed by atoms with van der Waals surface area (Å²) in [7, 11) is 1.38. The maximum Gasteiger partial charge on any atom is 0.306 e. The van der Waals surface area contributed by atoms with Gasteiger partial charge in [0.25, 0.3) is 0 Å². The maximum absolute atomic E-state index is 12.1. The first-order valence-corrected chi connectivity index (χ1v) is 6.80. The molecule has 1 amide bonds. The minimum Gasteiger partial charge on any atom is -0.469 e. The van der Waals surface area contributed by atoms with Crippen LogP contribution in [0.1, 0.15) is 6.42 Å². The van der Waals surface area contributed by atoms with E-state index in [-0.39, 0.29) is 24.4 Å². The number of anilines is 1. The van der Waals surface area contributed by atoms with E-state index in [9.17, 15) is 9.59 Å². The summed E-state index contributed by atoms with van der Waals surface area (Å²) in [4.78, 5) is 30.9. The molecule has 21 heavy (non-hydrogen) atoms. The van der Waals surface area contributed by atoms with Crippen LogP contribution in [0.15, 0.2) is 6.33 Å². The van der Waals surface area contributed by atoms with Crippen LogP contribution in [0, 0.1) is 0 Å². The van der Waals surface area contributed by atoms with Crippen LogP contribution in [0.4, 0.5) is 5.95 Å². The highest BCUT2D eigenvalue weighted by atomic mass is 16.5. The number of nitrogens with zero attached hydrogens (tertiary/aromatic N) is 5. The molecule has 0 bridgehead atoms. The maximum atomic E-state index is 12.1. The Bertz CT molecular complexity index is 495. The molecule has 1 fully saturated rings. The number of carbonyl (C=O) groups excluding carboxylic acids is 2. The topological polar surface area (TPSA) is 107 Å². The third kappa shape index (κ3) is 4.42. The Morgan fingerprint density at radius 2 is 2.05 bits per heavy atom. The van der Waals surface area contributed by atoms with E-state index in [1.54, 1.807) is 4.90 Å². The Morgan fingerprint density at radius 3 is 2.62 bits per heavy atom. The van der Waals surface area contributed by atoms with Gasteiger partial charge in [-0.15, -0.1) is 5.10 Å². The zero-order valence-corrected chi connectivity index (χ0v) is 12.1. The third-order valence-electron chi connectivity index (χ3n) is 3.44. The molecule has 1 saturated heterocycles. The Morgan fingerprint density at radius 1 is 1.33 bits per heavy atom. The third-order valence-corrected chi connectivity index (χ3v) is 3.44. The molecule has 2 heterocycles. The number of hydrogen-bond donors (Lipinski definition) is 1. The summed E-state index contributed by atoms with van der Waals surface area (Å²) in [6.07, 6.45) is 1.82. The Hall–Kier alpha value is -2.16. The molecule has 0 aromatic carbocycles. The number of aromatic nitrogens is 3. The van der Waals surface area contributed by atoms with Crippen molar-refractivity contribution in [1.82, 2.24) is 24.6 Å². The molecular weight excluding hydrogens is 276 g/mol. The quantitative estimate of drug-likeness (QED) is 0.664. The standard InChI is InChI=1S/C12H20N6O3/c1-21-11(20)2-3-16-4-6-17(7-5-16)10(19)8-18-9-14-12(13)15-18/h9H,2-8H2,1H3,(H2,13,15). The molecule has 1 aliphatic rings. The van der Waals surface area contributed by atoms with E-state index in [2.05, 4.69) is 19.7 Å². The molecule has 1 aromatic heterocycles. The minimum absolute atomic E-state index is 0.00693. The fraction of sp³-hybridized carbons (Fsp3) is 0.667. The number of piperazine rings is 1. The Kier molecular flexibility index (Phi) is 5.09. The van der Waals surface area contributed by atoms with Crippen LogP contribution in [-0.2, 0) is 20.9 Å².